The predicted octanol–water partition coefficient (Wildman–Crippen LogP) is 2.59. The molecule has 3 aromatic heterocycles. The van der Waals surface area contributed by atoms with Crippen LogP contribution >= 0.6 is 0 Å². The van der Waals surface area contributed by atoms with E-state index >= 15 is 0 Å². The van der Waals surface area contributed by atoms with Crippen LogP contribution in [0.3, 0.4) is 0 Å². The van der Waals surface area contributed by atoms with E-state index in [4.69, 9.17) is 9.26 Å². The van der Waals surface area contributed by atoms with Gasteiger partial charge < -0.3 is 19.5 Å². The summed E-state index contributed by atoms with van der Waals surface area (Å²) >= 11 is 0. The lowest BCUT2D eigenvalue weighted by Gasteiger charge is -2.29. The number of amides is 2. The molecule has 2 fully saturated rings. The van der Waals surface area contributed by atoms with Crippen LogP contribution in [0.25, 0.3) is 11.0 Å². The minimum Gasteiger partial charge on any atom is -0.449 e. The van der Waals surface area contributed by atoms with Crippen LogP contribution in [0, 0.1) is 23.2 Å². The van der Waals surface area contributed by atoms with Gasteiger partial charge in [0.05, 0.1) is 17.9 Å². The Balaban J connectivity index is 1.24. The molecule has 11 heteroatoms. The summed E-state index contributed by atoms with van der Waals surface area (Å²) in [5, 5.41) is 17.0. The number of H-pyrrole nitrogens is 1. The largest absolute Gasteiger partial charge is 0.449 e. The maximum Gasteiger partial charge on any atom is 0.418 e. The molecule has 1 unspecified atom stereocenters. The van der Waals surface area contributed by atoms with E-state index in [1.165, 1.54) is 0 Å². The second kappa shape index (κ2) is 8.03. The van der Waals surface area contributed by atoms with Crippen molar-refractivity contribution in [1.82, 2.24) is 25.0 Å². The highest BCUT2D eigenvalue weighted by molar-refractivity contribution is 5.93. The lowest BCUT2D eigenvalue weighted by molar-refractivity contribution is 0.214. The van der Waals surface area contributed by atoms with Gasteiger partial charge in [-0.3, -0.25) is 9.84 Å². The molecule has 2 aliphatic rings. The smallest absolute Gasteiger partial charge is 0.418 e. The summed E-state index contributed by atoms with van der Waals surface area (Å²) < 4.78 is 10.0. The molecule has 0 bridgehead atoms. The monoisotopic (exact) mass is 436 g/mol. The second-order valence-corrected chi connectivity index (χ2v) is 8.28. The highest BCUT2D eigenvalue weighted by Gasteiger charge is 2.44. The molecule has 0 radical (unpaired) electrons. The molecular formula is C21H24N8O3. The maximum absolute atomic E-state index is 12.6. The van der Waals surface area contributed by atoms with Crippen LogP contribution in [-0.2, 0) is 0 Å². The van der Waals surface area contributed by atoms with Gasteiger partial charge in [0.2, 0.25) is 0 Å². The number of nitriles is 1. The van der Waals surface area contributed by atoms with Crippen LogP contribution < -0.4 is 15.0 Å². The van der Waals surface area contributed by atoms with Gasteiger partial charge in [-0.25, -0.2) is 9.78 Å². The number of likely N-dealkylation sites (tertiary alicyclic amines) is 1. The molecule has 11 nitrogen and oxygen atoms in total. The lowest BCUT2D eigenvalue weighted by atomic mass is 10.0. The fourth-order valence-electron chi connectivity index (χ4n) is 5.01. The molecule has 32 heavy (non-hydrogen) atoms. The van der Waals surface area contributed by atoms with Gasteiger partial charge in [-0.05, 0) is 42.8 Å². The van der Waals surface area contributed by atoms with Gasteiger partial charge in [-0.15, -0.1) is 4.98 Å². The number of anilines is 2. The highest BCUT2D eigenvalue weighted by Crippen LogP contribution is 2.42. The Morgan fingerprint density at radius 1 is 1.44 bits per heavy atom. The van der Waals surface area contributed by atoms with Crippen molar-refractivity contribution < 1.29 is 14.1 Å². The lowest BCUT2D eigenvalue weighted by Crippen LogP contribution is -2.36. The molecule has 3 aromatic rings. The van der Waals surface area contributed by atoms with E-state index in [0.29, 0.717) is 43.1 Å². The SMILES string of the molecule is CCOc1nc(NC(=O)N2C[C@H]3CC(N(C)c4c(C#N)cnc5[nH]ccc45)C[C@H]3C2)no1. The number of nitrogens with zero attached hydrogens (tertiary/aromatic N) is 6. The zero-order valence-electron chi connectivity index (χ0n) is 17.9. The van der Waals surface area contributed by atoms with Gasteiger partial charge in [0.25, 0.3) is 5.95 Å². The fraction of sp³-hybridized carbons (Fsp3) is 0.476. The molecule has 3 atom stereocenters. The standard InChI is InChI=1S/C21H24N8O3/c1-3-31-21-26-19(27-32-21)25-20(30)29-10-12-6-15(7-13(12)11-29)28(2)17-14(8-22)9-24-18-16(17)4-5-23-18/h4-5,9,12-13,15H,3,6-7,10-11H2,1-2H3,(H,23,24)(H,25,27,30)/t12-,13+,15?. The molecule has 5 rings (SSSR count). The minimum atomic E-state index is -0.233. The number of carbonyl (C=O) groups is 1. The van der Waals surface area contributed by atoms with Crippen molar-refractivity contribution in [2.45, 2.75) is 25.8 Å². The number of fused-ring (bicyclic) bond motifs is 2. The van der Waals surface area contributed by atoms with Crippen molar-refractivity contribution >= 4 is 28.7 Å². The first-order chi connectivity index (χ1) is 15.6. The van der Waals surface area contributed by atoms with E-state index in [0.717, 1.165) is 29.6 Å². The third-order valence-electron chi connectivity index (χ3n) is 6.49. The van der Waals surface area contributed by atoms with Gasteiger partial charge >= 0.3 is 12.1 Å². The van der Waals surface area contributed by atoms with Crippen LogP contribution in [0.2, 0.25) is 0 Å². The van der Waals surface area contributed by atoms with E-state index in [2.05, 4.69) is 36.4 Å². The Labute approximate surface area is 184 Å². The number of ether oxygens (including phenoxy) is 1. The molecule has 0 spiro atoms. The van der Waals surface area contributed by atoms with E-state index < -0.39 is 0 Å². The summed E-state index contributed by atoms with van der Waals surface area (Å²) in [7, 11) is 2.05. The third kappa shape index (κ3) is 3.47. The number of nitrogens with one attached hydrogen (secondary N) is 2. The van der Waals surface area contributed by atoms with Gasteiger partial charge in [0, 0.05) is 44.0 Å². The minimum absolute atomic E-state index is 0.0383. The van der Waals surface area contributed by atoms with Crippen molar-refractivity contribution in [1.29, 1.82) is 5.26 Å². The Hall–Kier alpha value is -3.81. The molecule has 2 N–H and O–H groups in total. The average molecular weight is 436 g/mol. The zero-order valence-corrected chi connectivity index (χ0v) is 17.9. The van der Waals surface area contributed by atoms with Crippen molar-refractivity contribution in [3.8, 4) is 12.1 Å². The zero-order chi connectivity index (χ0) is 22.2. The Morgan fingerprint density at radius 2 is 2.22 bits per heavy atom. The first kappa shape index (κ1) is 20.1. The first-order valence-electron chi connectivity index (χ1n) is 10.7. The number of rotatable bonds is 5. The predicted molar refractivity (Wildman–Crippen MR) is 115 cm³/mol. The number of aromatic amines is 1. The Kier molecular flexibility index (Phi) is 5.05. The Bertz CT molecular complexity index is 1170. The van der Waals surface area contributed by atoms with E-state index in [1.54, 1.807) is 11.1 Å². The molecule has 1 saturated heterocycles. The van der Waals surface area contributed by atoms with Crippen LogP contribution in [0.5, 0.6) is 6.08 Å². The van der Waals surface area contributed by atoms with Crippen molar-refractivity contribution in [3.05, 3.63) is 24.0 Å². The maximum atomic E-state index is 12.6. The molecule has 166 valence electrons. The summed E-state index contributed by atoms with van der Waals surface area (Å²) in [5.74, 6) is 0.920. The van der Waals surface area contributed by atoms with Crippen molar-refractivity contribution in [2.24, 2.45) is 11.8 Å². The number of pyridine rings is 1. The quantitative estimate of drug-likeness (QED) is 0.623. The van der Waals surface area contributed by atoms with Gasteiger partial charge in [-0.2, -0.15) is 5.26 Å². The third-order valence-corrected chi connectivity index (χ3v) is 6.49. The molecule has 1 aliphatic carbocycles. The van der Waals surface area contributed by atoms with Crippen molar-refractivity contribution in [2.75, 3.05) is 37.0 Å². The van der Waals surface area contributed by atoms with Crippen LogP contribution in [0.4, 0.5) is 16.4 Å². The summed E-state index contributed by atoms with van der Waals surface area (Å²) in [6.45, 7) is 3.58. The number of hydrogen-bond donors (Lipinski definition) is 2. The molecule has 1 saturated carbocycles. The number of aromatic nitrogens is 4. The molecule has 1 aliphatic heterocycles. The number of carbonyl (C=O) groups excluding carboxylic acids is 1. The topological polar surface area (TPSA) is 136 Å². The summed E-state index contributed by atoms with van der Waals surface area (Å²) in [6, 6.07) is 4.31. The summed E-state index contributed by atoms with van der Waals surface area (Å²) in [6.07, 6.45) is 5.43. The normalized spacial score (nSPS) is 22.0. The Morgan fingerprint density at radius 3 is 2.94 bits per heavy atom. The van der Waals surface area contributed by atoms with Gasteiger partial charge in [0.15, 0.2) is 0 Å². The summed E-state index contributed by atoms with van der Waals surface area (Å²) in [4.78, 5) is 28.1. The average Bonchev–Trinajstić information content (AvgIpc) is 3.55. The fourth-order valence-corrected chi connectivity index (χ4v) is 5.01. The van der Waals surface area contributed by atoms with Gasteiger partial charge in [-0.1, -0.05) is 0 Å². The number of hydrogen-bond acceptors (Lipinski definition) is 8. The van der Waals surface area contributed by atoms with E-state index in [-0.39, 0.29) is 18.1 Å². The summed E-state index contributed by atoms with van der Waals surface area (Å²) in [5.41, 5.74) is 2.27. The van der Waals surface area contributed by atoms with Crippen LogP contribution in [0.15, 0.2) is 23.0 Å². The molecule has 4 heterocycles. The highest BCUT2D eigenvalue weighted by atomic mass is 16.6. The number of urea groups is 1. The van der Waals surface area contributed by atoms with Gasteiger partial charge in [0.1, 0.15) is 11.7 Å². The van der Waals surface area contributed by atoms with Crippen LogP contribution in [0.1, 0.15) is 25.3 Å². The molecule has 2 amide bonds. The van der Waals surface area contributed by atoms with Crippen molar-refractivity contribution in [3.63, 3.8) is 0 Å². The van der Waals surface area contributed by atoms with Crippen LogP contribution in [-0.4, -0.2) is 63.8 Å². The molecule has 0 aromatic carbocycles. The molecular weight excluding hydrogens is 412 g/mol. The first-order valence-corrected chi connectivity index (χ1v) is 10.7. The van der Waals surface area contributed by atoms with E-state index in [1.807, 2.05) is 26.2 Å². The van der Waals surface area contributed by atoms with E-state index in [9.17, 15) is 10.1 Å². The second-order valence-electron chi connectivity index (χ2n) is 8.28.